The van der Waals surface area contributed by atoms with Crippen molar-refractivity contribution in [3.63, 3.8) is 0 Å². The minimum absolute atomic E-state index is 0.107. The lowest BCUT2D eigenvalue weighted by Crippen LogP contribution is -2.36. The fourth-order valence-electron chi connectivity index (χ4n) is 1.57. The van der Waals surface area contributed by atoms with Gasteiger partial charge in [-0.25, -0.2) is 9.59 Å². The Labute approximate surface area is 122 Å². The first kappa shape index (κ1) is 16.5. The number of rotatable bonds is 7. The molecule has 0 bridgehead atoms. The molecule has 0 aliphatic heterocycles. The molecule has 0 spiro atoms. The zero-order valence-electron chi connectivity index (χ0n) is 11.7. The third-order valence-corrected chi connectivity index (χ3v) is 2.55. The Morgan fingerprint density at radius 2 is 2.00 bits per heavy atom. The second-order valence-electron chi connectivity index (χ2n) is 4.17. The lowest BCUT2D eigenvalue weighted by atomic mass is 10.1. The lowest BCUT2D eigenvalue weighted by molar-refractivity contribution is -0.142. The summed E-state index contributed by atoms with van der Waals surface area (Å²) in [7, 11) is 0. The van der Waals surface area contributed by atoms with Crippen LogP contribution >= 0.6 is 0 Å². The van der Waals surface area contributed by atoms with Crippen molar-refractivity contribution < 1.29 is 24.2 Å². The van der Waals surface area contributed by atoms with Crippen molar-refractivity contribution in [1.82, 2.24) is 10.6 Å². The molecule has 0 aliphatic rings. The van der Waals surface area contributed by atoms with Gasteiger partial charge in [-0.1, -0.05) is 12.1 Å². The number of carboxylic acids is 1. The number of carbonyl (C=O) groups excluding carboxylic acids is 2. The van der Waals surface area contributed by atoms with E-state index in [0.29, 0.717) is 12.2 Å². The molecule has 1 rings (SSSR count). The molecule has 0 aromatic heterocycles. The number of carboxylic acid groups (broad SMARTS) is 1. The van der Waals surface area contributed by atoms with Crippen LogP contribution in [0.2, 0.25) is 0 Å². The summed E-state index contributed by atoms with van der Waals surface area (Å²) in [5.74, 6) is -1.39. The Balaban J connectivity index is 2.31. The van der Waals surface area contributed by atoms with Crippen LogP contribution in [0, 0.1) is 0 Å². The van der Waals surface area contributed by atoms with Gasteiger partial charge in [-0.3, -0.25) is 4.79 Å². The molecule has 0 unspecified atom stereocenters. The van der Waals surface area contributed by atoms with Crippen molar-refractivity contribution in [2.45, 2.75) is 19.9 Å². The first-order valence-corrected chi connectivity index (χ1v) is 6.52. The first-order valence-electron chi connectivity index (χ1n) is 6.52. The van der Waals surface area contributed by atoms with E-state index < -0.39 is 12.0 Å². The van der Waals surface area contributed by atoms with E-state index in [1.807, 2.05) is 0 Å². The number of amides is 2. The molecule has 2 amide bonds. The van der Waals surface area contributed by atoms with E-state index in [0.717, 1.165) is 0 Å². The van der Waals surface area contributed by atoms with E-state index in [-0.39, 0.29) is 31.0 Å². The summed E-state index contributed by atoms with van der Waals surface area (Å²) in [4.78, 5) is 33.3. The average Bonchev–Trinajstić information content (AvgIpc) is 2.45. The maximum Gasteiger partial charge on any atom is 0.335 e. The summed E-state index contributed by atoms with van der Waals surface area (Å²) in [5, 5.41) is 13.9. The van der Waals surface area contributed by atoms with E-state index in [9.17, 15) is 14.4 Å². The second-order valence-corrected chi connectivity index (χ2v) is 4.17. The predicted octanol–water partition coefficient (Wildman–Crippen LogP) is 1.14. The number of aromatic carboxylic acids is 1. The summed E-state index contributed by atoms with van der Waals surface area (Å²) in [6.45, 7) is 2.40. The van der Waals surface area contributed by atoms with Crippen LogP contribution in [-0.2, 0) is 16.1 Å². The second kappa shape index (κ2) is 8.57. The van der Waals surface area contributed by atoms with Gasteiger partial charge in [0.1, 0.15) is 0 Å². The molecule has 0 saturated carbocycles. The van der Waals surface area contributed by atoms with Crippen LogP contribution in [0.3, 0.4) is 0 Å². The molecular weight excluding hydrogens is 276 g/mol. The van der Waals surface area contributed by atoms with Crippen molar-refractivity contribution in [2.75, 3.05) is 13.2 Å². The van der Waals surface area contributed by atoms with Crippen LogP contribution in [0.15, 0.2) is 24.3 Å². The van der Waals surface area contributed by atoms with Gasteiger partial charge in [0, 0.05) is 13.1 Å². The highest BCUT2D eigenvalue weighted by Gasteiger charge is 2.06. The third kappa shape index (κ3) is 6.42. The van der Waals surface area contributed by atoms with Gasteiger partial charge in [-0.15, -0.1) is 0 Å². The van der Waals surface area contributed by atoms with Gasteiger partial charge in [-0.05, 0) is 24.6 Å². The number of benzene rings is 1. The zero-order valence-corrected chi connectivity index (χ0v) is 11.7. The summed E-state index contributed by atoms with van der Waals surface area (Å²) in [6.07, 6.45) is 0.107. The molecule has 3 N–H and O–H groups in total. The fraction of sp³-hybridized carbons (Fsp3) is 0.357. The molecule has 0 heterocycles. The molecule has 0 radical (unpaired) electrons. The number of nitrogens with one attached hydrogen (secondary N) is 2. The van der Waals surface area contributed by atoms with Gasteiger partial charge in [0.25, 0.3) is 0 Å². The molecule has 1 aromatic rings. The highest BCUT2D eigenvalue weighted by Crippen LogP contribution is 2.04. The van der Waals surface area contributed by atoms with Gasteiger partial charge in [0.15, 0.2) is 0 Å². The minimum atomic E-state index is -1.02. The summed E-state index contributed by atoms with van der Waals surface area (Å²) >= 11 is 0. The van der Waals surface area contributed by atoms with E-state index >= 15 is 0 Å². The Bertz CT molecular complexity index is 516. The standard InChI is InChI=1S/C14H18N2O5/c1-2-21-12(17)6-7-15-14(20)16-9-10-4-3-5-11(8-10)13(18)19/h3-5,8H,2,6-7,9H2,1H3,(H,18,19)(H2,15,16,20). The van der Waals surface area contributed by atoms with E-state index in [4.69, 9.17) is 9.84 Å². The van der Waals surface area contributed by atoms with Crippen LogP contribution in [-0.4, -0.2) is 36.2 Å². The number of esters is 1. The average molecular weight is 294 g/mol. The molecule has 0 saturated heterocycles. The topological polar surface area (TPSA) is 105 Å². The molecule has 21 heavy (non-hydrogen) atoms. The minimum Gasteiger partial charge on any atom is -0.478 e. The van der Waals surface area contributed by atoms with Crippen molar-refractivity contribution >= 4 is 18.0 Å². The predicted molar refractivity (Wildman–Crippen MR) is 74.9 cm³/mol. The van der Waals surface area contributed by atoms with Crippen molar-refractivity contribution in [1.29, 1.82) is 0 Å². The smallest absolute Gasteiger partial charge is 0.335 e. The van der Waals surface area contributed by atoms with E-state index in [1.165, 1.54) is 12.1 Å². The maximum absolute atomic E-state index is 11.5. The highest BCUT2D eigenvalue weighted by atomic mass is 16.5. The third-order valence-electron chi connectivity index (χ3n) is 2.55. The highest BCUT2D eigenvalue weighted by molar-refractivity contribution is 5.87. The molecule has 7 nitrogen and oxygen atoms in total. The van der Waals surface area contributed by atoms with Gasteiger partial charge in [0.05, 0.1) is 18.6 Å². The van der Waals surface area contributed by atoms with E-state index in [2.05, 4.69) is 10.6 Å². The molecule has 7 heteroatoms. The van der Waals surface area contributed by atoms with Crippen molar-refractivity contribution in [3.8, 4) is 0 Å². The van der Waals surface area contributed by atoms with Gasteiger partial charge >= 0.3 is 18.0 Å². The summed E-state index contributed by atoms with van der Waals surface area (Å²) in [6, 6.07) is 5.86. The number of hydrogen-bond donors (Lipinski definition) is 3. The SMILES string of the molecule is CCOC(=O)CCNC(=O)NCc1cccc(C(=O)O)c1. The maximum atomic E-state index is 11.5. The lowest BCUT2D eigenvalue weighted by Gasteiger charge is -2.08. The zero-order chi connectivity index (χ0) is 15.7. The quantitative estimate of drug-likeness (QED) is 0.654. The van der Waals surface area contributed by atoms with E-state index in [1.54, 1.807) is 19.1 Å². The number of hydrogen-bond acceptors (Lipinski definition) is 4. The van der Waals surface area contributed by atoms with Gasteiger partial charge < -0.3 is 20.5 Å². The Morgan fingerprint density at radius 3 is 2.67 bits per heavy atom. The van der Waals surface area contributed by atoms with Crippen molar-refractivity contribution in [2.24, 2.45) is 0 Å². The summed E-state index contributed by atoms with van der Waals surface area (Å²) in [5.41, 5.74) is 0.840. The molecule has 0 atom stereocenters. The monoisotopic (exact) mass is 294 g/mol. The number of ether oxygens (including phenoxy) is 1. The fourth-order valence-corrected chi connectivity index (χ4v) is 1.57. The normalized spacial score (nSPS) is 9.76. The molecule has 0 fully saturated rings. The van der Waals surface area contributed by atoms with Crippen LogP contribution in [0.5, 0.6) is 0 Å². The van der Waals surface area contributed by atoms with Crippen LogP contribution < -0.4 is 10.6 Å². The molecular formula is C14H18N2O5. The van der Waals surface area contributed by atoms with Gasteiger partial charge in [-0.2, -0.15) is 0 Å². The van der Waals surface area contributed by atoms with Crippen LogP contribution in [0.25, 0.3) is 0 Å². The largest absolute Gasteiger partial charge is 0.478 e. The Kier molecular flexibility index (Phi) is 6.73. The first-order chi connectivity index (χ1) is 10.0. The van der Waals surface area contributed by atoms with Crippen molar-refractivity contribution in [3.05, 3.63) is 35.4 Å². The molecule has 0 aliphatic carbocycles. The van der Waals surface area contributed by atoms with Crippen LogP contribution in [0.1, 0.15) is 29.3 Å². The number of carbonyl (C=O) groups is 3. The Hall–Kier alpha value is -2.57. The summed E-state index contributed by atoms with van der Waals surface area (Å²) < 4.78 is 4.72. The molecule has 1 aromatic carbocycles. The van der Waals surface area contributed by atoms with Gasteiger partial charge in [0.2, 0.25) is 0 Å². The Morgan fingerprint density at radius 1 is 1.24 bits per heavy atom. The van der Waals surface area contributed by atoms with Crippen LogP contribution in [0.4, 0.5) is 4.79 Å². The number of urea groups is 1. The molecule has 114 valence electrons.